The molecule has 0 aromatic heterocycles. The average molecular weight is 436 g/mol. The summed E-state index contributed by atoms with van der Waals surface area (Å²) in [6.07, 6.45) is 3.21. The maximum atomic E-state index is 13.0. The normalized spacial score (nSPS) is 24.5. The molecule has 4 amide bonds. The van der Waals surface area contributed by atoms with Crippen molar-refractivity contribution >= 4 is 35.4 Å². The first kappa shape index (κ1) is 22.1. The summed E-state index contributed by atoms with van der Waals surface area (Å²) in [5, 5.41) is 6.08. The molecule has 1 saturated heterocycles. The minimum absolute atomic E-state index is 0.0110. The number of rotatable bonds is 6. The van der Waals surface area contributed by atoms with Crippen LogP contribution in [0.5, 0.6) is 0 Å². The van der Waals surface area contributed by atoms with Gasteiger partial charge in [0.15, 0.2) is 0 Å². The number of halogens is 1. The molecule has 0 bridgehead atoms. The van der Waals surface area contributed by atoms with E-state index in [1.807, 2.05) is 6.92 Å². The Morgan fingerprint density at radius 2 is 2.00 bits per heavy atom. The van der Waals surface area contributed by atoms with Crippen molar-refractivity contribution in [2.24, 2.45) is 5.92 Å². The lowest BCUT2D eigenvalue weighted by atomic mass is 9.73. The molecule has 0 radical (unpaired) electrons. The van der Waals surface area contributed by atoms with Gasteiger partial charge >= 0.3 is 12.0 Å². The number of esters is 1. The van der Waals surface area contributed by atoms with Crippen LogP contribution < -0.4 is 10.6 Å². The first-order chi connectivity index (χ1) is 14.3. The van der Waals surface area contributed by atoms with E-state index < -0.39 is 36.0 Å². The summed E-state index contributed by atoms with van der Waals surface area (Å²) in [6.45, 7) is 1.54. The third-order valence-corrected chi connectivity index (χ3v) is 6.26. The molecule has 3 atom stereocenters. The second kappa shape index (κ2) is 9.04. The third kappa shape index (κ3) is 4.43. The van der Waals surface area contributed by atoms with Crippen LogP contribution in [0.3, 0.4) is 0 Å². The van der Waals surface area contributed by atoms with Gasteiger partial charge in [0, 0.05) is 5.02 Å². The van der Waals surface area contributed by atoms with Crippen molar-refractivity contribution in [2.45, 2.75) is 50.6 Å². The van der Waals surface area contributed by atoms with E-state index in [4.69, 9.17) is 16.3 Å². The first-order valence-corrected chi connectivity index (χ1v) is 10.4. The molecule has 9 heteroatoms. The zero-order chi connectivity index (χ0) is 21.9. The SMILES string of the molecule is COC(=O)C[C@H](NC(=O)CN1C(=O)N[C@@]2(CCCC[C@@H]2C)C1=O)c1ccc(Cl)cc1. The molecule has 1 aliphatic carbocycles. The number of benzene rings is 1. The summed E-state index contributed by atoms with van der Waals surface area (Å²) in [5.41, 5.74) is -0.260. The fourth-order valence-corrected chi connectivity index (χ4v) is 4.35. The smallest absolute Gasteiger partial charge is 0.325 e. The van der Waals surface area contributed by atoms with Gasteiger partial charge in [-0.1, -0.05) is 43.5 Å². The van der Waals surface area contributed by atoms with Crippen LogP contribution in [-0.4, -0.2) is 47.9 Å². The molecule has 162 valence electrons. The maximum absolute atomic E-state index is 13.0. The molecule has 8 nitrogen and oxygen atoms in total. The Labute approximate surface area is 180 Å². The lowest BCUT2D eigenvalue weighted by Gasteiger charge is -2.36. The Balaban J connectivity index is 1.71. The van der Waals surface area contributed by atoms with E-state index in [1.165, 1.54) is 7.11 Å². The predicted octanol–water partition coefficient (Wildman–Crippen LogP) is 2.56. The van der Waals surface area contributed by atoms with Crippen LogP contribution in [-0.2, 0) is 19.1 Å². The van der Waals surface area contributed by atoms with Crippen molar-refractivity contribution in [2.75, 3.05) is 13.7 Å². The zero-order valence-electron chi connectivity index (χ0n) is 17.1. The molecule has 1 aromatic carbocycles. The fraction of sp³-hybridized carbons (Fsp3) is 0.524. The Morgan fingerprint density at radius 3 is 2.63 bits per heavy atom. The molecule has 1 saturated carbocycles. The Morgan fingerprint density at radius 1 is 1.30 bits per heavy atom. The second-order valence-electron chi connectivity index (χ2n) is 7.89. The summed E-state index contributed by atoms with van der Waals surface area (Å²) in [6, 6.07) is 5.47. The van der Waals surface area contributed by atoms with Gasteiger partial charge in [0.2, 0.25) is 5.91 Å². The summed E-state index contributed by atoms with van der Waals surface area (Å²) in [4.78, 5) is 51.0. The summed E-state index contributed by atoms with van der Waals surface area (Å²) < 4.78 is 4.72. The van der Waals surface area contributed by atoms with E-state index in [9.17, 15) is 19.2 Å². The van der Waals surface area contributed by atoms with E-state index in [-0.39, 0.29) is 18.2 Å². The number of nitrogens with one attached hydrogen (secondary N) is 2. The lowest BCUT2D eigenvalue weighted by Crippen LogP contribution is -2.54. The highest BCUT2D eigenvalue weighted by Crippen LogP contribution is 2.38. The van der Waals surface area contributed by atoms with Crippen LogP contribution in [0.4, 0.5) is 4.79 Å². The van der Waals surface area contributed by atoms with E-state index in [2.05, 4.69) is 10.6 Å². The molecule has 1 aliphatic heterocycles. The number of carbonyl (C=O) groups is 4. The number of hydrogen-bond acceptors (Lipinski definition) is 5. The highest BCUT2D eigenvalue weighted by Gasteiger charge is 2.55. The topological polar surface area (TPSA) is 105 Å². The monoisotopic (exact) mass is 435 g/mol. The standard InChI is InChI=1S/C21H26ClN3O5/c1-13-5-3-4-10-21(13)19(28)25(20(29)24-21)12-17(26)23-16(11-18(27)30-2)14-6-8-15(22)9-7-14/h6-9,13,16H,3-5,10-12H2,1-2H3,(H,23,26)(H,24,29)/t13-,16-,21+/m0/s1. The van der Waals surface area contributed by atoms with Crippen molar-refractivity contribution < 1.29 is 23.9 Å². The quantitative estimate of drug-likeness (QED) is 0.527. The molecule has 3 rings (SSSR count). The number of methoxy groups -OCH3 is 1. The van der Waals surface area contributed by atoms with E-state index >= 15 is 0 Å². The van der Waals surface area contributed by atoms with Gasteiger partial charge in [-0.3, -0.25) is 19.3 Å². The van der Waals surface area contributed by atoms with Crippen molar-refractivity contribution in [3.05, 3.63) is 34.9 Å². The van der Waals surface area contributed by atoms with Crippen molar-refractivity contribution in [3.63, 3.8) is 0 Å². The van der Waals surface area contributed by atoms with Crippen LogP contribution in [0, 0.1) is 5.92 Å². The van der Waals surface area contributed by atoms with Crippen LogP contribution in [0.1, 0.15) is 50.6 Å². The molecule has 0 unspecified atom stereocenters. The molecule has 30 heavy (non-hydrogen) atoms. The zero-order valence-corrected chi connectivity index (χ0v) is 17.8. The number of carbonyl (C=O) groups excluding carboxylic acids is 4. The Hall–Kier alpha value is -2.61. The minimum atomic E-state index is -0.919. The number of amides is 4. The molecular weight excluding hydrogens is 410 g/mol. The van der Waals surface area contributed by atoms with Crippen LogP contribution in [0.15, 0.2) is 24.3 Å². The van der Waals surface area contributed by atoms with Gasteiger partial charge < -0.3 is 15.4 Å². The minimum Gasteiger partial charge on any atom is -0.469 e. The van der Waals surface area contributed by atoms with Gasteiger partial charge in [-0.05, 0) is 36.5 Å². The molecule has 2 N–H and O–H groups in total. The predicted molar refractivity (Wildman–Crippen MR) is 110 cm³/mol. The molecule has 2 aliphatic rings. The highest BCUT2D eigenvalue weighted by molar-refractivity contribution is 6.30. The van der Waals surface area contributed by atoms with Gasteiger partial charge in [0.25, 0.3) is 5.91 Å². The van der Waals surface area contributed by atoms with Crippen molar-refractivity contribution in [1.29, 1.82) is 0 Å². The molecule has 1 aromatic rings. The number of imide groups is 1. The van der Waals surface area contributed by atoms with Gasteiger partial charge in [-0.15, -0.1) is 0 Å². The highest BCUT2D eigenvalue weighted by atomic mass is 35.5. The van der Waals surface area contributed by atoms with E-state index in [0.29, 0.717) is 17.0 Å². The van der Waals surface area contributed by atoms with E-state index in [1.54, 1.807) is 24.3 Å². The lowest BCUT2D eigenvalue weighted by molar-refractivity contribution is -0.142. The van der Waals surface area contributed by atoms with Crippen LogP contribution in [0.25, 0.3) is 0 Å². The molecule has 2 fully saturated rings. The number of urea groups is 1. The molecular formula is C21H26ClN3O5. The molecule has 1 heterocycles. The van der Waals surface area contributed by atoms with Crippen molar-refractivity contribution in [3.8, 4) is 0 Å². The summed E-state index contributed by atoms with van der Waals surface area (Å²) in [7, 11) is 1.26. The maximum Gasteiger partial charge on any atom is 0.325 e. The Bertz CT molecular complexity index is 844. The average Bonchev–Trinajstić information content (AvgIpc) is 2.95. The van der Waals surface area contributed by atoms with Gasteiger partial charge in [0.1, 0.15) is 12.1 Å². The number of hydrogen-bond donors (Lipinski definition) is 2. The first-order valence-electron chi connectivity index (χ1n) is 10.0. The Kier molecular flexibility index (Phi) is 6.65. The van der Waals surface area contributed by atoms with Crippen molar-refractivity contribution in [1.82, 2.24) is 15.5 Å². The summed E-state index contributed by atoms with van der Waals surface area (Å²) in [5.74, 6) is -1.38. The largest absolute Gasteiger partial charge is 0.469 e. The third-order valence-electron chi connectivity index (χ3n) is 6.01. The van der Waals surface area contributed by atoms with Crippen LogP contribution in [0.2, 0.25) is 5.02 Å². The van der Waals surface area contributed by atoms with Crippen LogP contribution >= 0.6 is 11.6 Å². The number of ether oxygens (including phenoxy) is 1. The second-order valence-corrected chi connectivity index (χ2v) is 8.33. The van der Waals surface area contributed by atoms with Gasteiger partial charge in [-0.2, -0.15) is 0 Å². The summed E-state index contributed by atoms with van der Waals surface area (Å²) >= 11 is 5.92. The van der Waals surface area contributed by atoms with Gasteiger partial charge in [-0.25, -0.2) is 4.79 Å². The molecule has 1 spiro atoms. The van der Waals surface area contributed by atoms with Gasteiger partial charge in [0.05, 0.1) is 19.6 Å². The van der Waals surface area contributed by atoms with E-state index in [0.717, 1.165) is 24.2 Å². The number of nitrogens with zero attached hydrogens (tertiary/aromatic N) is 1. The fourth-order valence-electron chi connectivity index (χ4n) is 4.22.